The van der Waals surface area contributed by atoms with Crippen molar-refractivity contribution in [1.82, 2.24) is 0 Å². The van der Waals surface area contributed by atoms with Gasteiger partial charge >= 0.3 is 59.4 Å². The van der Waals surface area contributed by atoms with Crippen LogP contribution in [-0.4, -0.2) is 163 Å². The number of esters is 6. The van der Waals surface area contributed by atoms with Crippen LogP contribution in [0.2, 0.25) is 0 Å². The second kappa shape index (κ2) is 52.3. The third-order valence-electron chi connectivity index (χ3n) is 15.6. The Balaban J connectivity index is 0.000000312. The largest absolute Gasteiger partial charge is 0.478 e. The number of nitrogens with zero attached hydrogens (tertiary/aromatic N) is 3. The number of nitrogens with two attached hydrogens (primary N) is 2. The lowest BCUT2D eigenvalue weighted by Gasteiger charge is -2.11. The molecule has 42 heteroatoms. The third kappa shape index (κ3) is 30.2. The molecule has 1 fully saturated rings. The number of carboxylic acids is 3. The number of hydrogen-bond acceptors (Lipinski definition) is 31. The molecule has 1 amide bonds. The van der Waals surface area contributed by atoms with Gasteiger partial charge in [-0.05, 0) is 133 Å². The second-order valence-corrected chi connectivity index (χ2v) is 28.1. The highest BCUT2D eigenvalue weighted by Gasteiger charge is 2.32. The number of aliphatic hydroxyl groups excluding tert-OH is 1. The topological polar surface area (TPSA) is 510 Å². The van der Waals surface area contributed by atoms with E-state index in [4.69, 9.17) is 42.7 Å². The summed E-state index contributed by atoms with van der Waals surface area (Å²) in [6.07, 6.45) is 2.56. The number of ether oxygens (including phenoxy) is 7. The van der Waals surface area contributed by atoms with Crippen molar-refractivity contribution in [3.63, 3.8) is 0 Å². The van der Waals surface area contributed by atoms with Crippen LogP contribution in [-0.2, 0) is 33.2 Å². The number of carbonyl (C=O) groups is 10. The number of aromatic carboxylic acids is 3. The molecule has 0 aliphatic carbocycles. The first-order chi connectivity index (χ1) is 59.5. The maximum atomic E-state index is 14.0. The first-order valence-electron chi connectivity index (χ1n) is 35.2. The molecule has 124 heavy (non-hydrogen) atoms. The van der Waals surface area contributed by atoms with E-state index in [1.54, 1.807) is 103 Å². The highest BCUT2D eigenvalue weighted by Crippen LogP contribution is 2.45. The molecule has 12 rings (SSSR count). The van der Waals surface area contributed by atoms with E-state index in [1.807, 2.05) is 28.7 Å². The number of thiol groups is 1. The average Bonchev–Trinajstić information content (AvgIpc) is 1.66. The summed E-state index contributed by atoms with van der Waals surface area (Å²) in [4.78, 5) is 149. The number of alkyl halides is 1. The predicted octanol–water partition coefficient (Wildman–Crippen LogP) is 17.2. The van der Waals surface area contributed by atoms with Gasteiger partial charge in [-0.2, -0.15) is 4.39 Å². The molecule has 2 aliphatic rings. The van der Waals surface area contributed by atoms with Crippen LogP contribution in [0.3, 0.4) is 0 Å². The highest BCUT2D eigenvalue weighted by molar-refractivity contribution is 14.1. The number of carboxylic acid groups (broad SMARTS) is 3. The summed E-state index contributed by atoms with van der Waals surface area (Å²) in [6.45, 7) is 2.00. The number of fused-ring (bicyclic) bond motifs is 2. The van der Waals surface area contributed by atoms with Crippen molar-refractivity contribution in [2.75, 3.05) is 84.7 Å². The molecule has 0 radical (unpaired) electrons. The molecule has 33 nitrogen and oxygen atoms in total. The summed E-state index contributed by atoms with van der Waals surface area (Å²) >= 11 is 10.2. The molecule has 2 aliphatic heterocycles. The van der Waals surface area contributed by atoms with Crippen LogP contribution >= 0.6 is 82.3 Å². The number of nitrogens with one attached hydrogen (secondary N) is 1. The maximum Gasteiger partial charge on any atom is 0.340 e. The van der Waals surface area contributed by atoms with Gasteiger partial charge in [-0.15, -0.1) is 12.6 Å². The number of carbonyl (C=O) groups excluding carboxylic acids is 7. The second-order valence-electron chi connectivity index (χ2n) is 23.3. The standard InChI is InChI=1S/C16H14FNO4S.C16H12N2O8S.C14H8FNO3S.C14H11NO4S.C8H6FNO4.C8H8O2S.C4H8O.CH3I.CH4O/c1-21-15(19)9-5-3-4-6-13(9)23-14-8-11(17)10(7-12(14)18)16(20)22-2;1-25-15(19)9-7-11(17(21)22)14(12(8-9)18(23)24)27-13-6-4-3-5-10(13)16(20)26-2;15-9-6-12-10(5-8(9)14(18)19)16-13(17)7-3-1-2-4-11(7)20-12;15-10-7-8(13(16)17)5-6-12(10)20-11-4-2-1-3-9(11)14(18)19;1-14-8(11)5-2-3-6(9)7(4-5)10(12)13;1-10-8(9)6-4-2-3-5-7(6)11;1-2-4-5-3-1;2*1-2/h3-8H,18H2,1-2H3;3-8H,1-2H3;1-6H,(H,16,17)(H,18,19);1-7H,15H2,(H,16,17)(H,18,19);2-4H,1H3;2-5,11H,1H3;1-4H2;1H3;2H,1H3/i;;;;;;;1D;. The smallest absolute Gasteiger partial charge is 0.340 e. The van der Waals surface area contributed by atoms with Gasteiger partial charge in [0, 0.05) is 90.4 Å². The van der Waals surface area contributed by atoms with Crippen LogP contribution in [0.1, 0.15) is 118 Å². The minimum atomic E-state index is -1.37. The fraction of sp³-hybridized carbons (Fsp3) is 0.146. The van der Waals surface area contributed by atoms with E-state index >= 15 is 0 Å². The zero-order valence-electron chi connectivity index (χ0n) is 66.8. The zero-order valence-corrected chi connectivity index (χ0v) is 72.1. The average molecular weight is 1920 g/mol. The van der Waals surface area contributed by atoms with Crippen LogP contribution in [0.4, 0.5) is 47.3 Å². The zero-order chi connectivity index (χ0) is 93.3. The van der Waals surface area contributed by atoms with E-state index in [1.165, 1.54) is 94.1 Å². The molecule has 10 aromatic rings. The van der Waals surface area contributed by atoms with Gasteiger partial charge in [0.25, 0.3) is 17.3 Å². The van der Waals surface area contributed by atoms with Crippen molar-refractivity contribution in [3.8, 4) is 0 Å². The maximum absolute atomic E-state index is 14.0. The molecule has 0 spiro atoms. The molecule has 652 valence electrons. The highest BCUT2D eigenvalue weighted by atomic mass is 127. The van der Waals surface area contributed by atoms with E-state index < -0.39 is 103 Å². The summed E-state index contributed by atoms with van der Waals surface area (Å²) < 4.78 is 78.9. The van der Waals surface area contributed by atoms with Gasteiger partial charge in [-0.25, -0.2) is 51.9 Å². The fourth-order valence-corrected chi connectivity index (χ4v) is 14.1. The number of nitro benzene ring substituents is 3. The molecule has 0 unspecified atom stereocenters. The normalized spacial score (nSPS) is 10.9. The number of halogens is 4. The Hall–Kier alpha value is -13.1. The van der Waals surface area contributed by atoms with Gasteiger partial charge in [0.1, 0.15) is 11.6 Å². The Morgan fingerprint density at radius 3 is 1.35 bits per heavy atom. The summed E-state index contributed by atoms with van der Waals surface area (Å²) in [6, 6.07) is 46.8. The van der Waals surface area contributed by atoms with Crippen LogP contribution in [0.5, 0.6) is 0 Å². The van der Waals surface area contributed by atoms with Gasteiger partial charge in [-0.3, -0.25) is 35.1 Å². The molecule has 1 saturated heterocycles. The van der Waals surface area contributed by atoms with Crippen LogP contribution < -0.4 is 16.8 Å². The van der Waals surface area contributed by atoms with Crippen molar-refractivity contribution < 1.29 is 131 Å². The van der Waals surface area contributed by atoms with Crippen LogP contribution in [0.15, 0.2) is 238 Å². The molecule has 0 aromatic heterocycles. The molecule has 0 saturated carbocycles. The number of methoxy groups -OCH3 is 6. The third-order valence-corrected chi connectivity index (χ3v) is 20.6. The minimum absolute atomic E-state index is 0.0550. The lowest BCUT2D eigenvalue weighted by Crippen LogP contribution is -2.12. The molecule has 0 atom stereocenters. The van der Waals surface area contributed by atoms with E-state index in [-0.39, 0.29) is 60.7 Å². The van der Waals surface area contributed by atoms with Gasteiger partial charge in [0.2, 0.25) is 5.82 Å². The minimum Gasteiger partial charge on any atom is -0.478 e. The van der Waals surface area contributed by atoms with Gasteiger partial charge in [0.15, 0.2) is 4.90 Å². The predicted molar refractivity (Wildman–Crippen MR) is 462 cm³/mol. The van der Waals surface area contributed by atoms with Gasteiger partial charge in [-0.1, -0.05) is 130 Å². The number of anilines is 3. The Bertz CT molecular complexity index is 5560. The first-order valence-corrected chi connectivity index (χ1v) is 39.8. The number of benzene rings is 10. The Kier molecular flexibility index (Phi) is 42.8. The van der Waals surface area contributed by atoms with Crippen LogP contribution in [0, 0.1) is 47.8 Å². The molecule has 10 aromatic carbocycles. The van der Waals surface area contributed by atoms with Crippen molar-refractivity contribution in [2.45, 2.75) is 56.9 Å². The summed E-state index contributed by atoms with van der Waals surface area (Å²) in [7, 11) is 8.14. The SMILES string of the molecule is C1CCOC1.CO.COC(=O)c1cc(N)c(Sc2ccccc2C(=O)OC)cc1F.COC(=O)c1cc([N+](=O)[O-])c(Sc2ccccc2C(=O)OC)c([N+](=O)[O-])c1.COC(=O)c1ccc(F)c([N+](=O)[O-])c1.COC(=O)c1ccccc1S.Nc1cc(C(=O)O)ccc1Sc1ccccc1C(=O)O.O=C(O)c1cc2c(cc1F)Sc1ccccc1C(=O)N2.[2H]CI. The number of hydrogen-bond donors (Lipinski definition) is 8. The monoisotopic (exact) mass is 1920 g/mol. The van der Waals surface area contributed by atoms with Crippen molar-refractivity contribution in [1.29, 1.82) is 0 Å². The molecular formula is C82H74F3IN6O27S5. The quantitative estimate of drug-likeness (QED) is 0.00578. The van der Waals surface area contributed by atoms with Gasteiger partial charge < -0.3 is 70.4 Å². The Labute approximate surface area is 741 Å². The summed E-state index contributed by atoms with van der Waals surface area (Å²) in [5, 5.41) is 69.7. The van der Waals surface area contributed by atoms with E-state index in [0.717, 1.165) is 102 Å². The van der Waals surface area contributed by atoms with Crippen molar-refractivity contribution in [2.24, 2.45) is 0 Å². The molecular weight excluding hydrogens is 1850 g/mol. The molecule has 9 N–H and O–H groups in total. The van der Waals surface area contributed by atoms with Crippen molar-refractivity contribution >= 4 is 176 Å². The first kappa shape index (κ1) is 101. The molecule has 2 heterocycles. The Morgan fingerprint density at radius 2 is 0.871 bits per heavy atom. The lowest BCUT2D eigenvalue weighted by molar-refractivity contribution is -0.399. The molecule has 0 bridgehead atoms. The van der Waals surface area contributed by atoms with E-state index in [9.17, 15) is 91.5 Å². The Morgan fingerprint density at radius 1 is 0.460 bits per heavy atom. The number of rotatable bonds is 18. The number of amides is 1. The lowest BCUT2D eigenvalue weighted by atomic mass is 10.1. The number of aliphatic hydroxyl groups is 1. The van der Waals surface area contributed by atoms with Gasteiger partial charge in [0.05, 0.1) is 119 Å². The number of nitrogen functional groups attached to an aromatic ring is 2. The summed E-state index contributed by atoms with van der Waals surface area (Å²) in [5.41, 5.74) is 11.0. The van der Waals surface area contributed by atoms with E-state index in [2.05, 4.69) is 41.6 Å². The number of nitro groups is 3. The van der Waals surface area contributed by atoms with E-state index in [0.29, 0.717) is 79.0 Å². The van der Waals surface area contributed by atoms with Crippen LogP contribution in [0.25, 0.3) is 0 Å². The summed E-state index contributed by atoms with van der Waals surface area (Å²) in [5.74, 6) is -10.4. The fourth-order valence-electron chi connectivity index (χ4n) is 9.77. The van der Waals surface area contributed by atoms with Crippen molar-refractivity contribution in [3.05, 3.63) is 298 Å².